The number of aromatic hydroxyl groups is 1. The Morgan fingerprint density at radius 1 is 1.04 bits per heavy atom. The average molecular weight is 1000 g/mol. The van der Waals surface area contributed by atoms with Gasteiger partial charge >= 0.3 is 5.97 Å². The molecule has 1 aliphatic rings. The zero-order valence-electron chi connectivity index (χ0n) is 42.8. The zero-order chi connectivity index (χ0) is 51.9. The van der Waals surface area contributed by atoms with Crippen molar-refractivity contribution in [3.8, 4) is 5.75 Å². The lowest BCUT2D eigenvalue weighted by Crippen LogP contribution is -2.50. The van der Waals surface area contributed by atoms with E-state index in [1.165, 1.54) is 29.7 Å². The molecule has 0 spiro atoms. The predicted octanol–water partition coefficient (Wildman–Crippen LogP) is 5.46. The maximum atomic E-state index is 14.4. The Morgan fingerprint density at radius 3 is 2.30 bits per heavy atom. The minimum Gasteiger partial charge on any atom is -0.506 e. The molecule has 2 heterocycles. The summed E-state index contributed by atoms with van der Waals surface area (Å²) in [5, 5.41) is 18.0. The van der Waals surface area contributed by atoms with Gasteiger partial charge < -0.3 is 31.1 Å². The second-order valence-electron chi connectivity index (χ2n) is 19.5. The number of phenols is 1. The molecule has 17 nitrogen and oxygen atoms in total. The van der Waals surface area contributed by atoms with E-state index in [0.29, 0.717) is 36.4 Å². The van der Waals surface area contributed by atoms with Crippen LogP contribution in [0.2, 0.25) is 0 Å². The van der Waals surface area contributed by atoms with Crippen LogP contribution in [0.25, 0.3) is 0 Å². The number of hydrogen-bond donors (Lipinski definition) is 4. The number of imide groups is 1. The molecular formula is C50H78N7O10S2+. The average Bonchev–Trinajstić information content (AvgIpc) is 3.89. The van der Waals surface area contributed by atoms with Crippen LogP contribution in [-0.4, -0.2) is 135 Å². The number of ether oxygens (including phenoxy) is 1. The van der Waals surface area contributed by atoms with Crippen molar-refractivity contribution in [1.29, 1.82) is 0 Å². The lowest BCUT2D eigenvalue weighted by Gasteiger charge is -2.38. The van der Waals surface area contributed by atoms with Crippen molar-refractivity contribution in [3.63, 3.8) is 0 Å². The van der Waals surface area contributed by atoms with Gasteiger partial charge in [-0.15, -0.1) is 11.3 Å². The normalized spacial score (nSPS) is 16.7. The van der Waals surface area contributed by atoms with Crippen LogP contribution in [-0.2, 0) is 44.7 Å². The Bertz CT molecular complexity index is 2130. The lowest BCUT2D eigenvalue weighted by atomic mass is 9.81. The summed E-state index contributed by atoms with van der Waals surface area (Å²) >= 11 is 2.47. The molecule has 7 atom stereocenters. The number of anilines is 1. The highest BCUT2D eigenvalue weighted by atomic mass is 32.2. The van der Waals surface area contributed by atoms with Crippen LogP contribution in [0.5, 0.6) is 5.75 Å². The number of quaternary nitrogens is 1. The number of hydrogen-bond acceptors (Lipinski definition) is 14. The standard InChI is InChI=1S/C50H77N7O10S2/c1-13-30(4)35(25-43(61)50(7,8)55(9)10)48(65)56(11)38(29(2)3)26-41(67-32(6)58)47-54-37(28-69-47)46(64)52-34(22-31(5)39(59)16-14-20-51)23-33-18-19-40(60)36(24-33)53-44(62)17-15-21-57-45(63)27-42(68-12)49(57)66/h18-19,24,28-31,34-35,38,41-42,60H,13-17,20-23,25-27,51H2,1-12H3,(H,52,64)(H,53,62)/p+1/t30-,31?,34+,35-,38+,41+,42?/m0/s1. The maximum absolute atomic E-state index is 14.4. The van der Waals surface area contributed by atoms with E-state index in [1.54, 1.807) is 35.7 Å². The summed E-state index contributed by atoms with van der Waals surface area (Å²) in [5.41, 5.74) is 3.93. The maximum Gasteiger partial charge on any atom is 0.303 e. The topological polar surface area (TPSA) is 240 Å². The molecule has 1 aliphatic heterocycles. The quantitative estimate of drug-likeness (QED) is 0.0451. The van der Waals surface area contributed by atoms with Gasteiger partial charge in [-0.25, -0.2) is 4.98 Å². The largest absolute Gasteiger partial charge is 0.506 e. The number of amides is 5. The summed E-state index contributed by atoms with van der Waals surface area (Å²) < 4.78 is 5.84. The number of aromatic nitrogens is 1. The molecule has 384 valence electrons. The summed E-state index contributed by atoms with van der Waals surface area (Å²) in [5.74, 6) is -3.55. The molecular weight excluding hydrogens is 923 g/mol. The van der Waals surface area contributed by atoms with Gasteiger partial charge in [-0.05, 0) is 83.0 Å². The fraction of sp³-hybridized carbons (Fsp3) is 0.660. The van der Waals surface area contributed by atoms with E-state index in [9.17, 15) is 43.5 Å². The summed E-state index contributed by atoms with van der Waals surface area (Å²) in [6.45, 7) is 15.4. The Kier molecular flexibility index (Phi) is 23.0. The van der Waals surface area contributed by atoms with Crippen LogP contribution < -0.4 is 16.4 Å². The van der Waals surface area contributed by atoms with Crippen molar-refractivity contribution in [2.24, 2.45) is 23.7 Å². The molecule has 0 radical (unpaired) electrons. The first kappa shape index (κ1) is 58.6. The van der Waals surface area contributed by atoms with E-state index in [2.05, 4.69) is 21.4 Å². The molecule has 0 bridgehead atoms. The number of likely N-dealkylation sites (tertiary alicyclic amines) is 1. The fourth-order valence-electron chi connectivity index (χ4n) is 8.31. The smallest absolute Gasteiger partial charge is 0.303 e. The van der Waals surface area contributed by atoms with Crippen molar-refractivity contribution in [3.05, 3.63) is 39.8 Å². The van der Waals surface area contributed by atoms with Crippen molar-refractivity contribution in [2.75, 3.05) is 45.8 Å². The summed E-state index contributed by atoms with van der Waals surface area (Å²) in [7, 11) is 5.40. The monoisotopic (exact) mass is 1000 g/mol. The number of esters is 1. The number of nitrogens with one attached hydrogen (secondary N) is 2. The zero-order valence-corrected chi connectivity index (χ0v) is 44.5. The lowest BCUT2D eigenvalue weighted by molar-refractivity contribution is -0.368. The minimum atomic E-state index is -0.905. The first-order valence-corrected chi connectivity index (χ1v) is 26.2. The second kappa shape index (κ2) is 27.0. The number of ketones is 2. The highest BCUT2D eigenvalue weighted by Crippen LogP contribution is 2.34. The Morgan fingerprint density at radius 2 is 1.72 bits per heavy atom. The molecule has 1 aromatic carbocycles. The Hall–Kier alpha value is -4.72. The van der Waals surface area contributed by atoms with E-state index in [4.69, 9.17) is 4.74 Å². The summed E-state index contributed by atoms with van der Waals surface area (Å²) in [6.07, 6.45) is 3.67. The van der Waals surface area contributed by atoms with Gasteiger partial charge in [-0.2, -0.15) is 11.8 Å². The molecule has 5 amide bonds. The molecule has 3 rings (SSSR count). The van der Waals surface area contributed by atoms with Gasteiger partial charge in [-0.1, -0.05) is 47.1 Å². The van der Waals surface area contributed by atoms with Crippen LogP contribution in [0.15, 0.2) is 23.6 Å². The summed E-state index contributed by atoms with van der Waals surface area (Å²) in [4.78, 5) is 115. The van der Waals surface area contributed by atoms with Crippen molar-refractivity contribution < 1.29 is 53.9 Å². The van der Waals surface area contributed by atoms with Crippen LogP contribution in [0.3, 0.4) is 0 Å². The first-order valence-electron chi connectivity index (χ1n) is 24.1. The number of likely N-dealkylation sites (N-methyl/N-ethyl adjacent to an activating group) is 1. The number of benzene rings is 1. The third-order valence-electron chi connectivity index (χ3n) is 13.5. The number of nitrogens with zero attached hydrogens (tertiary/aromatic N) is 4. The van der Waals surface area contributed by atoms with Crippen molar-refractivity contribution in [2.45, 2.75) is 149 Å². The predicted molar refractivity (Wildman–Crippen MR) is 268 cm³/mol. The van der Waals surface area contributed by atoms with E-state index in [0.717, 1.165) is 11.3 Å². The third-order valence-corrected chi connectivity index (χ3v) is 15.4. The fourth-order valence-corrected chi connectivity index (χ4v) is 9.79. The van der Waals surface area contributed by atoms with E-state index < -0.39 is 58.6 Å². The molecule has 2 aromatic rings. The highest BCUT2D eigenvalue weighted by Gasteiger charge is 2.40. The minimum absolute atomic E-state index is 0.00603. The van der Waals surface area contributed by atoms with Crippen LogP contribution in [0.1, 0.15) is 140 Å². The molecule has 1 aromatic heterocycles. The van der Waals surface area contributed by atoms with Gasteiger partial charge in [-0.3, -0.25) is 48.2 Å². The number of thioether (sulfide) groups is 1. The molecule has 6 N–H and O–H groups in total. The number of carbonyl (C=O) groups excluding carboxylic acids is 8. The molecule has 19 heteroatoms. The molecule has 2 unspecified atom stereocenters. The van der Waals surface area contributed by atoms with E-state index >= 15 is 0 Å². The molecule has 1 saturated heterocycles. The molecule has 0 saturated carbocycles. The Balaban J connectivity index is 1.84. The molecule has 0 aliphatic carbocycles. The van der Waals surface area contributed by atoms with E-state index in [-0.39, 0.29) is 110 Å². The summed E-state index contributed by atoms with van der Waals surface area (Å²) in [6, 6.07) is 3.67. The van der Waals surface area contributed by atoms with Gasteiger partial charge in [0.15, 0.2) is 11.9 Å². The number of phenolic OH excluding ortho intramolecular Hbond substituents is 1. The SMILES string of the molecule is CC[C@H](C)[C@H](CC(=O)C(C)(C)N(C)C)C(=O)N(C)[C@H](C[C@@H](OC(C)=O)c1nc(C(=O)N[C@@H](Cc2ccc(O)c(NC(=O)CCCN3C(=O)CC(SC)C3=O)c2)CC(C)C(=O)CCC[NH3+])cs1)C(C)C. The highest BCUT2D eigenvalue weighted by molar-refractivity contribution is 8.00. The number of carbonyl (C=O) groups is 8. The van der Waals surface area contributed by atoms with Crippen LogP contribution in [0.4, 0.5) is 5.69 Å². The Labute approximate surface area is 416 Å². The van der Waals surface area contributed by atoms with Gasteiger partial charge in [0.2, 0.25) is 23.6 Å². The second-order valence-corrected chi connectivity index (χ2v) is 21.4. The number of Topliss-reactive ketones (excluding diaryl/α,β-unsaturated/α-hetero) is 2. The van der Waals surface area contributed by atoms with Crippen LogP contribution >= 0.6 is 23.1 Å². The van der Waals surface area contributed by atoms with E-state index in [1.807, 2.05) is 67.5 Å². The number of rotatable bonds is 29. The van der Waals surface area contributed by atoms with Gasteiger partial charge in [0.25, 0.3) is 5.91 Å². The molecule has 69 heavy (non-hydrogen) atoms. The van der Waals surface area contributed by atoms with Crippen molar-refractivity contribution in [1.82, 2.24) is 25.0 Å². The molecule has 1 fully saturated rings. The van der Waals surface area contributed by atoms with Gasteiger partial charge in [0.1, 0.15) is 22.2 Å². The van der Waals surface area contributed by atoms with Crippen LogP contribution in [0, 0.1) is 23.7 Å². The number of thiazole rings is 1. The van der Waals surface area contributed by atoms with Gasteiger partial charge in [0.05, 0.1) is 23.0 Å². The first-order chi connectivity index (χ1) is 32.4. The third kappa shape index (κ3) is 16.7. The van der Waals surface area contributed by atoms with Gasteiger partial charge in [0, 0.05) is 88.3 Å². The van der Waals surface area contributed by atoms with Crippen molar-refractivity contribution >= 4 is 75.9 Å².